The predicted molar refractivity (Wildman–Crippen MR) is 184 cm³/mol. The van der Waals surface area contributed by atoms with Crippen molar-refractivity contribution in [3.05, 3.63) is 11.6 Å². The van der Waals surface area contributed by atoms with Gasteiger partial charge in [0.25, 0.3) is 0 Å². The zero-order chi connectivity index (χ0) is 37.4. The zero-order valence-electron chi connectivity index (χ0n) is 31.2. The van der Waals surface area contributed by atoms with Crippen LogP contribution in [0.25, 0.3) is 0 Å². The van der Waals surface area contributed by atoms with Crippen molar-refractivity contribution in [2.45, 2.75) is 172 Å². The number of ketones is 1. The van der Waals surface area contributed by atoms with E-state index in [9.17, 15) is 40.5 Å². The molecule has 3 aliphatic heterocycles. The Morgan fingerprint density at radius 1 is 0.731 bits per heavy atom. The average molecular weight is 739 g/mol. The van der Waals surface area contributed by atoms with Crippen molar-refractivity contribution in [3.63, 3.8) is 0 Å². The Morgan fingerprint density at radius 2 is 1.38 bits per heavy atom. The van der Waals surface area contributed by atoms with E-state index >= 15 is 0 Å². The number of hydrogen-bond donors (Lipinski definition) is 7. The lowest BCUT2D eigenvalue weighted by Crippen LogP contribution is -2.60. The summed E-state index contributed by atoms with van der Waals surface area (Å²) in [6.45, 7) is 10.1. The molecule has 0 spiro atoms. The molecule has 4 aliphatic carbocycles. The van der Waals surface area contributed by atoms with Gasteiger partial charge in [0.1, 0.15) is 42.7 Å². The van der Waals surface area contributed by atoms with Gasteiger partial charge >= 0.3 is 0 Å². The van der Waals surface area contributed by atoms with Crippen molar-refractivity contribution in [1.29, 1.82) is 0 Å². The number of rotatable bonds is 7. The van der Waals surface area contributed by atoms with Gasteiger partial charge in [-0.3, -0.25) is 4.79 Å². The van der Waals surface area contributed by atoms with E-state index < -0.39 is 74.3 Å². The molecule has 0 aromatic rings. The summed E-state index contributed by atoms with van der Waals surface area (Å²) in [6.07, 6.45) is -3.71. The van der Waals surface area contributed by atoms with Crippen LogP contribution in [0.1, 0.15) is 92.4 Å². The monoisotopic (exact) mass is 738 g/mol. The molecule has 3 heterocycles. The molecule has 21 atom stereocenters. The predicted octanol–water partition coefficient (Wildman–Crippen LogP) is 1.55. The molecule has 3 saturated carbocycles. The molecule has 13 heteroatoms. The molecule has 13 nitrogen and oxygen atoms in total. The van der Waals surface area contributed by atoms with Gasteiger partial charge < -0.3 is 59.4 Å². The van der Waals surface area contributed by atoms with E-state index in [0.29, 0.717) is 30.6 Å². The Labute approximate surface area is 306 Å². The fourth-order valence-corrected chi connectivity index (χ4v) is 11.7. The number of hydrogen-bond acceptors (Lipinski definition) is 13. The molecule has 0 radical (unpaired) electrons. The number of allylic oxidation sites excluding steroid dienone is 2. The first kappa shape index (κ1) is 39.2. The summed E-state index contributed by atoms with van der Waals surface area (Å²) in [4.78, 5) is 14.0. The van der Waals surface area contributed by atoms with Crippen LogP contribution in [0.3, 0.4) is 0 Å². The van der Waals surface area contributed by atoms with E-state index in [1.54, 1.807) is 6.92 Å². The lowest BCUT2D eigenvalue weighted by Gasteiger charge is -2.57. The summed E-state index contributed by atoms with van der Waals surface area (Å²) in [7, 11) is 0. The van der Waals surface area contributed by atoms with Gasteiger partial charge in [-0.05, 0) is 105 Å². The first-order valence-corrected chi connectivity index (χ1v) is 19.8. The summed E-state index contributed by atoms with van der Waals surface area (Å²) in [5.41, 5.74) is 1.09. The highest BCUT2D eigenvalue weighted by Crippen LogP contribution is 2.67. The maximum absolute atomic E-state index is 14.0. The molecule has 296 valence electrons. The first-order valence-electron chi connectivity index (χ1n) is 19.8. The number of aliphatic hydroxyl groups excluding tert-OH is 7. The summed E-state index contributed by atoms with van der Waals surface area (Å²) >= 11 is 0. The highest BCUT2D eigenvalue weighted by atomic mass is 16.8. The van der Waals surface area contributed by atoms with Crippen LogP contribution in [0.15, 0.2) is 11.6 Å². The van der Waals surface area contributed by atoms with Crippen LogP contribution in [-0.4, -0.2) is 128 Å². The van der Waals surface area contributed by atoms with Crippen molar-refractivity contribution in [1.82, 2.24) is 0 Å². The van der Waals surface area contributed by atoms with Crippen LogP contribution in [-0.2, 0) is 28.5 Å². The Kier molecular flexibility index (Phi) is 11.1. The molecule has 0 amide bonds. The maximum Gasteiger partial charge on any atom is 0.189 e. The lowest BCUT2D eigenvalue weighted by molar-refractivity contribution is -0.352. The highest BCUT2D eigenvalue weighted by Gasteiger charge is 2.61. The van der Waals surface area contributed by atoms with E-state index in [-0.39, 0.29) is 46.6 Å². The van der Waals surface area contributed by atoms with E-state index in [4.69, 9.17) is 23.7 Å². The Bertz CT molecular complexity index is 1330. The largest absolute Gasteiger partial charge is 0.394 e. The lowest BCUT2D eigenvalue weighted by atomic mass is 9.47. The minimum atomic E-state index is -1.51. The Balaban J connectivity index is 1.02. The molecular formula is C39H62O13. The molecule has 52 heavy (non-hydrogen) atoms. The van der Waals surface area contributed by atoms with Crippen LogP contribution in [0.2, 0.25) is 0 Å². The normalized spacial score (nSPS) is 54.5. The van der Waals surface area contributed by atoms with E-state index in [0.717, 1.165) is 44.9 Å². The molecule has 0 aromatic carbocycles. The molecule has 6 fully saturated rings. The van der Waals surface area contributed by atoms with Crippen molar-refractivity contribution >= 4 is 5.78 Å². The standard InChI is InChI=1S/C39H62O13/c1-17-6-9-27(50-35(17)52-36-33(46)31(44)29(42)19(3)48-36)18(2)22-7-8-23-21-15-26(41)25-14-20(10-12-39(25,5)24(21)11-13-38(22,23)4)49-37-34(47)32(45)30(43)28(16-40)51-37/h15,17-20,22-25,27-37,40,42-47H,6-14,16H2,1-5H3/t17-,18-,19?,20-,22+,23-,24-,25+,27+,28?,29?,30?,31?,32?,33?,34?,35+,36?,37?,38+,39+/m0/s1. The van der Waals surface area contributed by atoms with Crippen LogP contribution in [0.4, 0.5) is 0 Å². The third kappa shape index (κ3) is 6.56. The quantitative estimate of drug-likeness (QED) is 0.198. The van der Waals surface area contributed by atoms with Gasteiger partial charge in [-0.1, -0.05) is 33.3 Å². The van der Waals surface area contributed by atoms with Crippen LogP contribution < -0.4 is 0 Å². The van der Waals surface area contributed by atoms with E-state index in [1.807, 2.05) is 6.08 Å². The van der Waals surface area contributed by atoms with Gasteiger partial charge in [-0.15, -0.1) is 0 Å². The molecule has 3 saturated heterocycles. The van der Waals surface area contributed by atoms with Gasteiger partial charge in [0, 0.05) is 11.8 Å². The topological polar surface area (TPSA) is 205 Å². The third-order valence-electron chi connectivity index (χ3n) is 15.1. The second kappa shape index (κ2) is 14.8. The summed E-state index contributed by atoms with van der Waals surface area (Å²) in [5, 5.41) is 71.6. The second-order valence-corrected chi connectivity index (χ2v) is 17.9. The summed E-state index contributed by atoms with van der Waals surface area (Å²) < 4.78 is 30.3. The van der Waals surface area contributed by atoms with E-state index in [2.05, 4.69) is 27.7 Å². The number of ether oxygens (including phenoxy) is 5. The van der Waals surface area contributed by atoms with Gasteiger partial charge in [0.2, 0.25) is 0 Å². The van der Waals surface area contributed by atoms with Gasteiger partial charge in [0.15, 0.2) is 24.7 Å². The Hall–Kier alpha value is -1.07. The maximum atomic E-state index is 14.0. The number of carbonyl (C=O) groups is 1. The molecule has 10 unspecified atom stereocenters. The van der Waals surface area contributed by atoms with Crippen LogP contribution >= 0.6 is 0 Å². The van der Waals surface area contributed by atoms with Crippen molar-refractivity contribution in [3.8, 4) is 0 Å². The molecule has 0 bridgehead atoms. The van der Waals surface area contributed by atoms with Gasteiger partial charge in [-0.25, -0.2) is 0 Å². The van der Waals surface area contributed by atoms with E-state index in [1.165, 1.54) is 5.57 Å². The van der Waals surface area contributed by atoms with Crippen molar-refractivity contribution in [2.75, 3.05) is 6.61 Å². The minimum Gasteiger partial charge on any atom is -0.394 e. The second-order valence-electron chi connectivity index (χ2n) is 17.9. The molecule has 7 N–H and O–H groups in total. The zero-order valence-corrected chi connectivity index (χ0v) is 31.2. The SMILES string of the molecule is CC1OC(O[C@H]2O[C@@H]([C@@H](C)[C@H]3CC[C@H]4C5=CC(=O)[C@H]6C[C@@H](OC7OC(CO)C(O)C(O)C7O)CC[C@]6(C)[C@H]5CC[C@]34C)CC[C@@H]2C)C(O)C(O)C1O. The van der Waals surface area contributed by atoms with Gasteiger partial charge in [0.05, 0.1) is 24.9 Å². The van der Waals surface area contributed by atoms with Crippen LogP contribution in [0, 0.1) is 46.3 Å². The smallest absolute Gasteiger partial charge is 0.189 e. The van der Waals surface area contributed by atoms with Crippen LogP contribution in [0.5, 0.6) is 0 Å². The Morgan fingerprint density at radius 3 is 2.10 bits per heavy atom. The fourth-order valence-electron chi connectivity index (χ4n) is 11.7. The van der Waals surface area contributed by atoms with Crippen molar-refractivity contribution < 1.29 is 64.2 Å². The molecule has 0 aromatic heterocycles. The minimum absolute atomic E-state index is 0.00970. The average Bonchev–Trinajstić information content (AvgIpc) is 3.48. The number of aliphatic hydroxyl groups is 7. The van der Waals surface area contributed by atoms with Crippen molar-refractivity contribution in [2.24, 2.45) is 46.3 Å². The molecule has 7 aliphatic rings. The highest BCUT2D eigenvalue weighted by molar-refractivity contribution is 5.94. The molecular weight excluding hydrogens is 676 g/mol. The summed E-state index contributed by atoms with van der Waals surface area (Å²) in [5.74, 6) is 1.16. The van der Waals surface area contributed by atoms with Gasteiger partial charge in [-0.2, -0.15) is 0 Å². The molecule has 7 rings (SSSR count). The summed E-state index contributed by atoms with van der Waals surface area (Å²) in [6, 6.07) is 0. The third-order valence-corrected chi connectivity index (χ3v) is 15.1. The number of carbonyl (C=O) groups excluding carboxylic acids is 1. The first-order chi connectivity index (χ1) is 24.6. The fraction of sp³-hybridized carbons (Fsp3) is 0.923. The number of fused-ring (bicyclic) bond motifs is 5.